The minimum Gasteiger partial charge on any atom is -0.323 e. The fourth-order valence-corrected chi connectivity index (χ4v) is 3.39. The summed E-state index contributed by atoms with van der Waals surface area (Å²) < 4.78 is 0. The second-order valence-electron chi connectivity index (χ2n) is 6.77. The molecule has 0 amide bonds. The molecule has 3 rings (SSSR count). The first-order valence-corrected chi connectivity index (χ1v) is 8.10. The van der Waals surface area contributed by atoms with Crippen LogP contribution < -0.4 is 5.73 Å². The van der Waals surface area contributed by atoms with Gasteiger partial charge in [0.2, 0.25) is 0 Å². The average Bonchev–Trinajstić information content (AvgIpc) is 2.95. The largest absolute Gasteiger partial charge is 0.323 e. The third-order valence-electron chi connectivity index (χ3n) is 4.91. The third kappa shape index (κ3) is 3.28. The molecule has 2 nitrogen and oxygen atoms in total. The van der Waals surface area contributed by atoms with Crippen molar-refractivity contribution in [3.63, 3.8) is 0 Å². The molecule has 1 fully saturated rings. The van der Waals surface area contributed by atoms with E-state index < -0.39 is 0 Å². The topological polar surface area (TPSA) is 29.3 Å². The van der Waals surface area contributed by atoms with E-state index in [1.165, 1.54) is 35.8 Å². The van der Waals surface area contributed by atoms with Crippen molar-refractivity contribution in [3.8, 4) is 0 Å². The molecule has 2 aromatic carbocycles. The second-order valence-corrected chi connectivity index (χ2v) is 6.77. The van der Waals surface area contributed by atoms with Crippen LogP contribution in [0.25, 0.3) is 10.8 Å². The van der Waals surface area contributed by atoms with Crippen LogP contribution in [0.3, 0.4) is 0 Å². The van der Waals surface area contributed by atoms with Crippen molar-refractivity contribution in [2.45, 2.75) is 26.3 Å². The zero-order chi connectivity index (χ0) is 14.8. The molecule has 2 heteroatoms. The number of fused-ring (bicyclic) bond motifs is 1. The zero-order valence-electron chi connectivity index (χ0n) is 13.1. The van der Waals surface area contributed by atoms with Crippen LogP contribution in [0.4, 0.5) is 0 Å². The Bertz CT molecular complexity index is 605. The van der Waals surface area contributed by atoms with Crippen LogP contribution in [0.1, 0.15) is 31.9 Å². The number of nitrogens with zero attached hydrogens (tertiary/aromatic N) is 1. The fraction of sp³-hybridized carbons (Fsp3) is 0.474. The van der Waals surface area contributed by atoms with Crippen molar-refractivity contribution in [2.75, 3.05) is 19.6 Å². The maximum Gasteiger partial charge on any atom is 0.0424 e. The molecule has 1 aliphatic rings. The van der Waals surface area contributed by atoms with E-state index in [1.807, 2.05) is 0 Å². The summed E-state index contributed by atoms with van der Waals surface area (Å²) in [6, 6.07) is 15.2. The van der Waals surface area contributed by atoms with Crippen molar-refractivity contribution in [2.24, 2.45) is 17.6 Å². The Morgan fingerprint density at radius 1 is 1.14 bits per heavy atom. The molecule has 1 aliphatic heterocycles. The van der Waals surface area contributed by atoms with Gasteiger partial charge >= 0.3 is 0 Å². The van der Waals surface area contributed by atoms with Crippen molar-refractivity contribution in [1.82, 2.24) is 4.90 Å². The highest BCUT2D eigenvalue weighted by molar-refractivity contribution is 5.83. The summed E-state index contributed by atoms with van der Waals surface area (Å²) in [5.41, 5.74) is 7.70. The molecule has 2 unspecified atom stereocenters. The van der Waals surface area contributed by atoms with Crippen LogP contribution in [0, 0.1) is 11.8 Å². The Kier molecular flexibility index (Phi) is 4.27. The van der Waals surface area contributed by atoms with Gasteiger partial charge in [-0.25, -0.2) is 0 Å². The average molecular weight is 282 g/mol. The number of rotatable bonds is 4. The molecule has 2 aromatic rings. The summed E-state index contributed by atoms with van der Waals surface area (Å²) >= 11 is 0. The lowest BCUT2D eigenvalue weighted by Gasteiger charge is -2.22. The van der Waals surface area contributed by atoms with Crippen molar-refractivity contribution in [1.29, 1.82) is 0 Å². The van der Waals surface area contributed by atoms with Gasteiger partial charge in [-0.2, -0.15) is 0 Å². The number of hydrogen-bond acceptors (Lipinski definition) is 2. The Morgan fingerprint density at radius 2 is 1.90 bits per heavy atom. The monoisotopic (exact) mass is 282 g/mol. The molecule has 0 aromatic heterocycles. The standard InChI is InChI=1S/C19H26N2/c1-14(2)18-9-10-21(12-18)13-19(20)17-8-7-15-5-3-4-6-16(15)11-17/h3-8,11,14,18-19H,9-10,12-13,20H2,1-2H3. The van der Waals surface area contributed by atoms with Gasteiger partial charge in [-0.05, 0) is 47.2 Å². The van der Waals surface area contributed by atoms with Crippen molar-refractivity contribution < 1.29 is 0 Å². The van der Waals surface area contributed by atoms with E-state index >= 15 is 0 Å². The van der Waals surface area contributed by atoms with Gasteiger partial charge in [0.1, 0.15) is 0 Å². The van der Waals surface area contributed by atoms with Gasteiger partial charge < -0.3 is 10.6 Å². The highest BCUT2D eigenvalue weighted by Crippen LogP contribution is 2.26. The molecule has 0 aliphatic carbocycles. The van der Waals surface area contributed by atoms with E-state index in [9.17, 15) is 0 Å². The van der Waals surface area contributed by atoms with Crippen LogP contribution in [-0.4, -0.2) is 24.5 Å². The first-order valence-electron chi connectivity index (χ1n) is 8.10. The third-order valence-corrected chi connectivity index (χ3v) is 4.91. The Morgan fingerprint density at radius 3 is 2.62 bits per heavy atom. The predicted molar refractivity (Wildman–Crippen MR) is 90.3 cm³/mol. The minimum atomic E-state index is 0.112. The molecule has 2 N–H and O–H groups in total. The summed E-state index contributed by atoms with van der Waals surface area (Å²) in [7, 11) is 0. The summed E-state index contributed by atoms with van der Waals surface area (Å²) in [5.74, 6) is 1.63. The maximum absolute atomic E-state index is 6.45. The van der Waals surface area contributed by atoms with E-state index in [1.54, 1.807) is 0 Å². The van der Waals surface area contributed by atoms with E-state index in [0.717, 1.165) is 18.4 Å². The van der Waals surface area contributed by atoms with E-state index in [-0.39, 0.29) is 6.04 Å². The van der Waals surface area contributed by atoms with Crippen LogP contribution >= 0.6 is 0 Å². The second kappa shape index (κ2) is 6.17. The van der Waals surface area contributed by atoms with Crippen LogP contribution in [0.2, 0.25) is 0 Å². The van der Waals surface area contributed by atoms with Crippen LogP contribution in [0.5, 0.6) is 0 Å². The smallest absolute Gasteiger partial charge is 0.0424 e. The SMILES string of the molecule is CC(C)C1CCN(CC(N)c2ccc3ccccc3c2)C1. The molecule has 1 saturated heterocycles. The molecular weight excluding hydrogens is 256 g/mol. The molecule has 112 valence electrons. The number of likely N-dealkylation sites (tertiary alicyclic amines) is 1. The van der Waals surface area contributed by atoms with Gasteiger partial charge in [0.25, 0.3) is 0 Å². The molecule has 0 radical (unpaired) electrons. The summed E-state index contributed by atoms with van der Waals surface area (Å²) in [4.78, 5) is 2.53. The maximum atomic E-state index is 6.45. The van der Waals surface area contributed by atoms with Gasteiger partial charge in [-0.15, -0.1) is 0 Å². The molecule has 1 heterocycles. The normalized spacial score (nSPS) is 21.2. The molecule has 21 heavy (non-hydrogen) atoms. The molecule has 0 spiro atoms. The fourth-order valence-electron chi connectivity index (χ4n) is 3.39. The molecular formula is C19H26N2. The minimum absolute atomic E-state index is 0.112. The zero-order valence-corrected chi connectivity index (χ0v) is 13.1. The Balaban J connectivity index is 1.68. The van der Waals surface area contributed by atoms with Crippen LogP contribution in [-0.2, 0) is 0 Å². The lowest BCUT2D eigenvalue weighted by molar-refractivity contribution is 0.287. The van der Waals surface area contributed by atoms with Gasteiger partial charge in [0.15, 0.2) is 0 Å². The highest BCUT2D eigenvalue weighted by Gasteiger charge is 2.25. The Labute approximate surface area is 127 Å². The Hall–Kier alpha value is -1.38. The van der Waals surface area contributed by atoms with Crippen molar-refractivity contribution in [3.05, 3.63) is 48.0 Å². The lowest BCUT2D eigenvalue weighted by Crippen LogP contribution is -2.31. The predicted octanol–water partition coefficient (Wildman–Crippen LogP) is 3.82. The quantitative estimate of drug-likeness (QED) is 0.923. The summed E-state index contributed by atoms with van der Waals surface area (Å²) in [6.45, 7) is 8.04. The van der Waals surface area contributed by atoms with E-state index in [2.05, 4.69) is 61.2 Å². The molecule has 2 atom stereocenters. The van der Waals surface area contributed by atoms with E-state index in [0.29, 0.717) is 0 Å². The first kappa shape index (κ1) is 14.6. The van der Waals surface area contributed by atoms with Crippen molar-refractivity contribution >= 4 is 10.8 Å². The summed E-state index contributed by atoms with van der Waals surface area (Å²) in [5, 5.41) is 2.57. The lowest BCUT2D eigenvalue weighted by atomic mass is 9.95. The van der Waals surface area contributed by atoms with Crippen LogP contribution in [0.15, 0.2) is 42.5 Å². The highest BCUT2D eigenvalue weighted by atomic mass is 15.2. The first-order chi connectivity index (χ1) is 10.1. The van der Waals surface area contributed by atoms with Gasteiger partial charge in [0, 0.05) is 19.1 Å². The molecule has 0 bridgehead atoms. The van der Waals surface area contributed by atoms with Gasteiger partial charge in [-0.1, -0.05) is 50.2 Å². The number of nitrogens with two attached hydrogens (primary N) is 1. The molecule has 0 saturated carbocycles. The van der Waals surface area contributed by atoms with Gasteiger partial charge in [0.05, 0.1) is 0 Å². The summed E-state index contributed by atoms with van der Waals surface area (Å²) in [6.07, 6.45) is 1.32. The number of hydrogen-bond donors (Lipinski definition) is 1. The number of benzene rings is 2. The van der Waals surface area contributed by atoms with E-state index in [4.69, 9.17) is 5.73 Å². The van der Waals surface area contributed by atoms with Gasteiger partial charge in [-0.3, -0.25) is 0 Å².